The van der Waals surface area contributed by atoms with Crippen molar-refractivity contribution >= 4 is 22.7 Å². The molecule has 7 heteroatoms. The average molecular weight is 391 g/mol. The van der Waals surface area contributed by atoms with Crippen LogP contribution in [-0.4, -0.2) is 34.2 Å². The second-order valence-corrected chi connectivity index (χ2v) is 7.48. The van der Waals surface area contributed by atoms with Crippen LogP contribution in [0.2, 0.25) is 0 Å². The van der Waals surface area contributed by atoms with Crippen LogP contribution in [0.25, 0.3) is 16.8 Å². The van der Waals surface area contributed by atoms with Crippen molar-refractivity contribution in [2.75, 3.05) is 13.3 Å². The van der Waals surface area contributed by atoms with Gasteiger partial charge in [0.1, 0.15) is 16.6 Å². The van der Waals surface area contributed by atoms with Crippen molar-refractivity contribution in [2.45, 2.75) is 6.54 Å². The molecule has 0 radical (unpaired) electrons. The summed E-state index contributed by atoms with van der Waals surface area (Å²) in [6.07, 6.45) is 0. The van der Waals surface area contributed by atoms with Crippen LogP contribution in [0.5, 0.6) is 11.5 Å². The predicted octanol–water partition coefficient (Wildman–Crippen LogP) is 4.30. The van der Waals surface area contributed by atoms with Gasteiger partial charge in [0.05, 0.1) is 17.8 Å². The van der Waals surface area contributed by atoms with E-state index in [-0.39, 0.29) is 18.4 Å². The Hall–Kier alpha value is -3.32. The molecule has 0 saturated carbocycles. The van der Waals surface area contributed by atoms with Crippen molar-refractivity contribution in [3.8, 4) is 22.8 Å². The van der Waals surface area contributed by atoms with Crippen molar-refractivity contribution < 1.29 is 14.6 Å². The van der Waals surface area contributed by atoms with Gasteiger partial charge in [-0.15, -0.1) is 11.3 Å². The standard InChI is InChI=1S/C21H17N3O3S/c22-20-19(21-23-15(11-28-21)14-4-2-1-3-5-14)16(25)10-24(20)9-13-6-7-17-18(8-13)27-12-26-17/h1-8,11,22,25H,9-10,12H2. The van der Waals surface area contributed by atoms with E-state index in [0.717, 1.165) is 22.6 Å². The molecule has 140 valence electrons. The molecular weight excluding hydrogens is 374 g/mol. The minimum Gasteiger partial charge on any atom is -0.510 e. The molecule has 2 aliphatic rings. The summed E-state index contributed by atoms with van der Waals surface area (Å²) in [5.74, 6) is 1.91. The Bertz CT molecular complexity index is 1090. The van der Waals surface area contributed by atoms with Gasteiger partial charge in [-0.05, 0) is 17.7 Å². The number of ether oxygens (including phenoxy) is 2. The fourth-order valence-electron chi connectivity index (χ4n) is 3.38. The molecule has 6 nitrogen and oxygen atoms in total. The molecule has 3 heterocycles. The van der Waals surface area contributed by atoms with E-state index in [9.17, 15) is 5.11 Å². The summed E-state index contributed by atoms with van der Waals surface area (Å²) in [5.41, 5.74) is 3.37. The Kier molecular flexibility index (Phi) is 4.02. The van der Waals surface area contributed by atoms with Crippen molar-refractivity contribution in [3.05, 3.63) is 70.2 Å². The second kappa shape index (κ2) is 6.69. The van der Waals surface area contributed by atoms with Gasteiger partial charge in [0.2, 0.25) is 6.79 Å². The summed E-state index contributed by atoms with van der Waals surface area (Å²) < 4.78 is 10.8. The first kappa shape index (κ1) is 16.8. The quantitative estimate of drug-likeness (QED) is 0.693. The Morgan fingerprint density at radius 1 is 1.11 bits per heavy atom. The molecule has 3 aromatic rings. The van der Waals surface area contributed by atoms with Crippen LogP contribution >= 0.6 is 11.3 Å². The Morgan fingerprint density at radius 2 is 1.93 bits per heavy atom. The van der Waals surface area contributed by atoms with E-state index in [1.54, 1.807) is 0 Å². The van der Waals surface area contributed by atoms with E-state index in [2.05, 4.69) is 4.98 Å². The fraction of sp³-hybridized carbons (Fsp3) is 0.143. The molecular formula is C21H17N3O3S. The highest BCUT2D eigenvalue weighted by Crippen LogP contribution is 2.35. The molecule has 0 spiro atoms. The number of rotatable bonds is 4. The molecule has 1 aromatic heterocycles. The largest absolute Gasteiger partial charge is 0.510 e. The SMILES string of the molecule is N=C1C(c2nc(-c3ccccc3)cs2)=C(O)CN1Cc1ccc2c(c1)OCO2. The first-order valence-corrected chi connectivity index (χ1v) is 9.73. The number of fused-ring (bicyclic) bond motifs is 1. The van der Waals surface area contributed by atoms with Gasteiger partial charge in [-0.1, -0.05) is 36.4 Å². The number of nitrogens with one attached hydrogen (secondary N) is 1. The predicted molar refractivity (Wildman–Crippen MR) is 108 cm³/mol. The van der Waals surface area contributed by atoms with Gasteiger partial charge in [-0.3, -0.25) is 5.41 Å². The Morgan fingerprint density at radius 3 is 2.79 bits per heavy atom. The van der Waals surface area contributed by atoms with Crippen LogP contribution in [0.15, 0.2) is 59.7 Å². The number of hydrogen-bond donors (Lipinski definition) is 2. The van der Waals surface area contributed by atoms with Crippen LogP contribution in [0.3, 0.4) is 0 Å². The normalized spacial score (nSPS) is 15.6. The maximum Gasteiger partial charge on any atom is 0.231 e. The third-order valence-corrected chi connectivity index (χ3v) is 5.64. The first-order valence-electron chi connectivity index (χ1n) is 8.85. The Labute approximate surface area is 165 Å². The lowest BCUT2D eigenvalue weighted by Crippen LogP contribution is -2.26. The van der Waals surface area contributed by atoms with E-state index in [1.807, 2.05) is 58.8 Å². The highest BCUT2D eigenvalue weighted by atomic mass is 32.1. The molecule has 2 N–H and O–H groups in total. The highest BCUT2D eigenvalue weighted by molar-refractivity contribution is 7.11. The van der Waals surface area contributed by atoms with Gasteiger partial charge in [0.25, 0.3) is 0 Å². The summed E-state index contributed by atoms with van der Waals surface area (Å²) in [6, 6.07) is 15.6. The first-order chi connectivity index (χ1) is 13.7. The molecule has 0 atom stereocenters. The van der Waals surface area contributed by atoms with Gasteiger partial charge < -0.3 is 19.5 Å². The minimum absolute atomic E-state index is 0.180. The zero-order valence-corrected chi connectivity index (χ0v) is 15.7. The van der Waals surface area contributed by atoms with Gasteiger partial charge in [-0.25, -0.2) is 4.98 Å². The number of aliphatic hydroxyl groups is 1. The molecule has 2 aliphatic heterocycles. The number of aromatic nitrogens is 1. The summed E-state index contributed by atoms with van der Waals surface area (Å²) in [6.45, 7) is 1.03. The average Bonchev–Trinajstić information content (AvgIpc) is 3.42. The molecule has 0 bridgehead atoms. The van der Waals surface area contributed by atoms with Crippen LogP contribution in [0, 0.1) is 5.41 Å². The third-order valence-electron chi connectivity index (χ3n) is 4.78. The van der Waals surface area contributed by atoms with Crippen molar-refractivity contribution in [1.29, 1.82) is 5.41 Å². The third kappa shape index (κ3) is 2.90. The number of aliphatic hydroxyl groups excluding tert-OH is 1. The number of benzene rings is 2. The summed E-state index contributed by atoms with van der Waals surface area (Å²) in [4.78, 5) is 6.47. The lowest BCUT2D eigenvalue weighted by molar-refractivity contribution is 0.174. The summed E-state index contributed by atoms with van der Waals surface area (Å²) >= 11 is 1.44. The van der Waals surface area contributed by atoms with Gasteiger partial charge in [0, 0.05) is 17.5 Å². The Balaban J connectivity index is 1.36. The van der Waals surface area contributed by atoms with Gasteiger partial charge in [0.15, 0.2) is 11.5 Å². The number of hydrogen-bond acceptors (Lipinski definition) is 6. The highest BCUT2D eigenvalue weighted by Gasteiger charge is 2.30. The van der Waals surface area contributed by atoms with Crippen LogP contribution in [0.1, 0.15) is 10.6 Å². The van der Waals surface area contributed by atoms with E-state index in [1.165, 1.54) is 11.3 Å². The lowest BCUT2D eigenvalue weighted by atomic mass is 10.2. The fourth-order valence-corrected chi connectivity index (χ4v) is 4.28. The summed E-state index contributed by atoms with van der Waals surface area (Å²) in [7, 11) is 0. The summed E-state index contributed by atoms with van der Waals surface area (Å²) in [5, 5.41) is 21.7. The maximum atomic E-state index is 10.5. The molecule has 2 aromatic carbocycles. The lowest BCUT2D eigenvalue weighted by Gasteiger charge is -2.18. The van der Waals surface area contributed by atoms with Crippen molar-refractivity contribution in [3.63, 3.8) is 0 Å². The van der Waals surface area contributed by atoms with Gasteiger partial charge in [-0.2, -0.15) is 0 Å². The number of nitrogens with zero attached hydrogens (tertiary/aromatic N) is 2. The number of amidine groups is 1. The molecule has 0 unspecified atom stereocenters. The second-order valence-electron chi connectivity index (χ2n) is 6.62. The molecule has 0 saturated heterocycles. The smallest absolute Gasteiger partial charge is 0.231 e. The zero-order chi connectivity index (χ0) is 19.1. The van der Waals surface area contributed by atoms with Crippen LogP contribution in [-0.2, 0) is 6.54 Å². The monoisotopic (exact) mass is 391 g/mol. The molecule has 5 rings (SSSR count). The van der Waals surface area contributed by atoms with Gasteiger partial charge >= 0.3 is 0 Å². The van der Waals surface area contributed by atoms with E-state index < -0.39 is 0 Å². The van der Waals surface area contributed by atoms with Crippen LogP contribution < -0.4 is 9.47 Å². The molecule has 0 fully saturated rings. The van der Waals surface area contributed by atoms with Crippen molar-refractivity contribution in [2.24, 2.45) is 0 Å². The maximum absolute atomic E-state index is 10.5. The van der Waals surface area contributed by atoms with Crippen molar-refractivity contribution in [1.82, 2.24) is 9.88 Å². The zero-order valence-electron chi connectivity index (χ0n) is 14.9. The molecule has 0 amide bonds. The van der Waals surface area contributed by atoms with E-state index in [4.69, 9.17) is 14.9 Å². The minimum atomic E-state index is 0.180. The van der Waals surface area contributed by atoms with Crippen LogP contribution in [0.4, 0.5) is 0 Å². The topological polar surface area (TPSA) is 78.7 Å². The molecule has 0 aliphatic carbocycles. The van der Waals surface area contributed by atoms with E-state index in [0.29, 0.717) is 29.4 Å². The number of thiazole rings is 1. The molecule has 28 heavy (non-hydrogen) atoms. The van der Waals surface area contributed by atoms with E-state index >= 15 is 0 Å².